The van der Waals surface area contributed by atoms with Gasteiger partial charge < -0.3 is 9.47 Å². The zero-order valence-corrected chi connectivity index (χ0v) is 17.5. The van der Waals surface area contributed by atoms with E-state index in [1.54, 1.807) is 0 Å². The molecule has 158 valence electrons. The Morgan fingerprint density at radius 3 is 2.57 bits per heavy atom. The summed E-state index contributed by atoms with van der Waals surface area (Å²) in [6, 6.07) is 2.53. The molecule has 5 aliphatic carbocycles. The van der Waals surface area contributed by atoms with E-state index < -0.39 is 27.9 Å². The number of epoxide rings is 1. The van der Waals surface area contributed by atoms with Crippen molar-refractivity contribution >= 4 is 17.5 Å². The normalized spacial score (nSPS) is 61.9. The molecule has 6 nitrogen and oxygen atoms in total. The number of carbonyl (C=O) groups excluding carboxylic acids is 3. The number of hydrogen-bond donors (Lipinski definition) is 0. The zero-order chi connectivity index (χ0) is 20.9. The van der Waals surface area contributed by atoms with Gasteiger partial charge in [0.05, 0.1) is 23.5 Å². The Hall–Kier alpha value is -1.74. The molecule has 2 saturated heterocycles. The maximum Gasteiger partial charge on any atom is 0.306 e. The third-order valence-corrected chi connectivity index (χ3v) is 11.4. The first-order valence-electron chi connectivity index (χ1n) is 11.6. The summed E-state index contributed by atoms with van der Waals surface area (Å²) < 4.78 is 12.6. The molecule has 2 bridgehead atoms. The fraction of sp³-hybridized carbons (Fsp3) is 0.833. The Morgan fingerprint density at radius 2 is 1.87 bits per heavy atom. The number of ketones is 2. The Morgan fingerprint density at radius 1 is 1.07 bits per heavy atom. The van der Waals surface area contributed by atoms with Gasteiger partial charge in [0, 0.05) is 35.5 Å². The first-order chi connectivity index (χ1) is 14.2. The highest BCUT2D eigenvalue weighted by atomic mass is 16.6. The van der Waals surface area contributed by atoms with Gasteiger partial charge in [0.25, 0.3) is 0 Å². The van der Waals surface area contributed by atoms with Crippen LogP contribution in [0.15, 0.2) is 0 Å². The topological polar surface area (TPSA) is 96.8 Å². The number of ether oxygens (including phenoxy) is 2. The highest BCUT2D eigenvalue weighted by Crippen LogP contribution is 2.83. The summed E-state index contributed by atoms with van der Waals surface area (Å²) in [5, 5.41) is 10.4. The van der Waals surface area contributed by atoms with Crippen molar-refractivity contribution in [2.75, 3.05) is 0 Å². The molecule has 0 amide bonds. The van der Waals surface area contributed by atoms with E-state index in [4.69, 9.17) is 9.47 Å². The van der Waals surface area contributed by atoms with Crippen LogP contribution < -0.4 is 0 Å². The molecule has 7 fully saturated rings. The number of fused-ring (bicyclic) bond motifs is 5. The predicted molar refractivity (Wildman–Crippen MR) is 102 cm³/mol. The largest absolute Gasteiger partial charge is 0.458 e. The molecule has 0 aromatic carbocycles. The second-order valence-corrected chi connectivity index (χ2v) is 11.7. The van der Waals surface area contributed by atoms with Crippen molar-refractivity contribution < 1.29 is 23.9 Å². The molecule has 2 heterocycles. The van der Waals surface area contributed by atoms with Crippen LogP contribution in [-0.4, -0.2) is 34.8 Å². The van der Waals surface area contributed by atoms with Gasteiger partial charge in [-0.2, -0.15) is 5.26 Å². The van der Waals surface area contributed by atoms with Gasteiger partial charge in [-0.1, -0.05) is 13.8 Å². The fourth-order valence-corrected chi connectivity index (χ4v) is 10.1. The number of carbonyl (C=O) groups is 3. The highest BCUT2D eigenvalue weighted by molar-refractivity contribution is 6.08. The number of nitriles is 1. The van der Waals surface area contributed by atoms with Crippen LogP contribution in [0.5, 0.6) is 0 Å². The van der Waals surface area contributed by atoms with Crippen molar-refractivity contribution in [3.8, 4) is 6.07 Å². The van der Waals surface area contributed by atoms with E-state index in [0.717, 1.165) is 25.7 Å². The van der Waals surface area contributed by atoms with Crippen LogP contribution in [0.4, 0.5) is 0 Å². The molecule has 5 saturated carbocycles. The van der Waals surface area contributed by atoms with Crippen LogP contribution >= 0.6 is 0 Å². The maximum absolute atomic E-state index is 13.7. The average Bonchev–Trinajstić information content (AvgIpc) is 3.01. The van der Waals surface area contributed by atoms with Crippen molar-refractivity contribution in [3.05, 3.63) is 0 Å². The van der Waals surface area contributed by atoms with Crippen LogP contribution in [0.1, 0.15) is 65.2 Å². The predicted octanol–water partition coefficient (Wildman–Crippen LogP) is 2.73. The summed E-state index contributed by atoms with van der Waals surface area (Å²) in [6.45, 7) is 4.39. The maximum atomic E-state index is 13.7. The summed E-state index contributed by atoms with van der Waals surface area (Å²) in [5.41, 5.74) is -2.52. The summed E-state index contributed by atoms with van der Waals surface area (Å²) >= 11 is 0. The monoisotopic (exact) mass is 409 g/mol. The molecule has 6 unspecified atom stereocenters. The summed E-state index contributed by atoms with van der Waals surface area (Å²) in [7, 11) is 0. The summed E-state index contributed by atoms with van der Waals surface area (Å²) in [6.07, 6.45) is 5.30. The van der Waals surface area contributed by atoms with E-state index in [1.165, 1.54) is 0 Å². The number of nitrogens with zero attached hydrogens (tertiary/aromatic N) is 1. The van der Waals surface area contributed by atoms with Crippen molar-refractivity contribution in [1.82, 2.24) is 0 Å². The molecule has 0 aromatic rings. The summed E-state index contributed by atoms with van der Waals surface area (Å²) in [5.74, 6) is -0.966. The first-order valence-corrected chi connectivity index (χ1v) is 11.6. The van der Waals surface area contributed by atoms with Crippen molar-refractivity contribution in [1.29, 1.82) is 5.26 Å². The molecular weight excluding hydrogens is 382 g/mol. The second kappa shape index (κ2) is 4.70. The molecular formula is C24H27NO5. The Balaban J connectivity index is 1.42. The molecule has 0 N–H and O–H groups in total. The van der Waals surface area contributed by atoms with Gasteiger partial charge in [-0.05, 0) is 44.4 Å². The lowest BCUT2D eigenvalue weighted by Crippen LogP contribution is -2.66. The van der Waals surface area contributed by atoms with Crippen LogP contribution in [-0.2, 0) is 23.9 Å². The van der Waals surface area contributed by atoms with Gasteiger partial charge >= 0.3 is 5.97 Å². The molecule has 6 heteroatoms. The Bertz CT molecular complexity index is 1000. The minimum absolute atomic E-state index is 0.00258. The minimum Gasteiger partial charge on any atom is -0.458 e. The van der Waals surface area contributed by atoms with Gasteiger partial charge in [0.2, 0.25) is 0 Å². The molecule has 7 rings (SSSR count). The minimum atomic E-state index is -0.917. The molecule has 0 radical (unpaired) electrons. The van der Waals surface area contributed by atoms with E-state index in [-0.39, 0.29) is 46.8 Å². The number of Topliss-reactive ketones (excluding diaryl/α,β-unsaturated/α-hetero) is 2. The van der Waals surface area contributed by atoms with Crippen molar-refractivity contribution in [2.24, 2.45) is 39.9 Å². The molecule has 30 heavy (non-hydrogen) atoms. The number of esters is 1. The van der Waals surface area contributed by atoms with Crippen LogP contribution in [0, 0.1) is 51.2 Å². The standard InChI is InChI=1S/C24H27NO5/c1-20-10-15-24(29-15)17(13(20)3-7-23(20)8-5-16(27)30-23)12-9-22(11-25)18(19(12)28)14(26)4-6-21(22,24)2/h12-13,15,17-18H,3-10H2,1-2H3/t12?,13?,15?,17?,18?,20-,21-,22-,23+,24?/m0/s1. The van der Waals surface area contributed by atoms with E-state index in [2.05, 4.69) is 19.9 Å². The number of hydrogen-bond acceptors (Lipinski definition) is 6. The SMILES string of the molecule is C[C@]12CC3OC34C(C3C[C@]5(C#N)C(C(=O)CC[C@]45C)C3=O)C1CC[C@@]21CCC(=O)O1. The first kappa shape index (κ1) is 17.9. The average molecular weight is 409 g/mol. The van der Waals surface area contributed by atoms with Crippen LogP contribution in [0.3, 0.4) is 0 Å². The summed E-state index contributed by atoms with van der Waals surface area (Å²) in [4.78, 5) is 38.7. The van der Waals surface area contributed by atoms with Crippen LogP contribution in [0.2, 0.25) is 0 Å². The lowest BCUT2D eigenvalue weighted by Gasteiger charge is -2.60. The molecule has 2 aliphatic heterocycles. The van der Waals surface area contributed by atoms with E-state index >= 15 is 0 Å². The van der Waals surface area contributed by atoms with E-state index in [9.17, 15) is 19.6 Å². The lowest BCUT2D eigenvalue weighted by molar-refractivity contribution is -0.174. The number of rotatable bonds is 0. The molecule has 7 aliphatic rings. The second-order valence-electron chi connectivity index (χ2n) is 11.7. The molecule has 0 aromatic heterocycles. The van der Waals surface area contributed by atoms with E-state index in [0.29, 0.717) is 25.7 Å². The van der Waals surface area contributed by atoms with Crippen molar-refractivity contribution in [2.45, 2.75) is 82.5 Å². The Kier molecular flexibility index (Phi) is 2.80. The molecule has 10 atom stereocenters. The quantitative estimate of drug-likeness (QED) is 0.347. The Labute approximate surface area is 175 Å². The van der Waals surface area contributed by atoms with Gasteiger partial charge in [-0.3, -0.25) is 14.4 Å². The fourth-order valence-electron chi connectivity index (χ4n) is 10.1. The van der Waals surface area contributed by atoms with E-state index in [1.807, 2.05) is 0 Å². The third-order valence-electron chi connectivity index (χ3n) is 11.4. The van der Waals surface area contributed by atoms with Gasteiger partial charge in [-0.25, -0.2) is 0 Å². The third kappa shape index (κ3) is 1.43. The lowest BCUT2D eigenvalue weighted by atomic mass is 9.39. The van der Waals surface area contributed by atoms with Gasteiger partial charge in [-0.15, -0.1) is 0 Å². The van der Waals surface area contributed by atoms with Gasteiger partial charge in [0.1, 0.15) is 22.8 Å². The van der Waals surface area contributed by atoms with Crippen LogP contribution in [0.25, 0.3) is 0 Å². The zero-order valence-electron chi connectivity index (χ0n) is 17.5. The molecule has 2 spiro atoms. The van der Waals surface area contributed by atoms with Gasteiger partial charge in [0.15, 0.2) is 0 Å². The smallest absolute Gasteiger partial charge is 0.306 e. The van der Waals surface area contributed by atoms with Crippen molar-refractivity contribution in [3.63, 3.8) is 0 Å². The highest BCUT2D eigenvalue weighted by Gasteiger charge is 2.90.